The molecule has 0 aliphatic rings. The van der Waals surface area contributed by atoms with Gasteiger partial charge in [0, 0.05) is 10.4 Å². The van der Waals surface area contributed by atoms with Gasteiger partial charge < -0.3 is 10.8 Å². The molecule has 1 aromatic carbocycles. The van der Waals surface area contributed by atoms with E-state index in [0.29, 0.717) is 16.9 Å². The molecule has 0 amide bonds. The van der Waals surface area contributed by atoms with Crippen LogP contribution in [-0.2, 0) is 6.42 Å². The average Bonchev–Trinajstić information content (AvgIpc) is 2.66. The molecule has 0 radical (unpaired) electrons. The van der Waals surface area contributed by atoms with E-state index in [-0.39, 0.29) is 15.6 Å². The molecule has 3 nitrogen and oxygen atoms in total. The second kappa shape index (κ2) is 5.19. The number of anilines is 1. The van der Waals surface area contributed by atoms with Gasteiger partial charge in [-0.1, -0.05) is 18.5 Å². The number of rotatable bonds is 3. The van der Waals surface area contributed by atoms with Crippen LogP contribution in [0.3, 0.4) is 0 Å². The molecule has 1 aromatic heterocycles. The summed E-state index contributed by atoms with van der Waals surface area (Å²) in [6, 6.07) is 4.03. The lowest BCUT2D eigenvalue weighted by molar-refractivity contribution is 0.0703. The lowest BCUT2D eigenvalue weighted by Crippen LogP contribution is -1.99. The van der Waals surface area contributed by atoms with Crippen molar-refractivity contribution in [3.05, 3.63) is 39.5 Å². The van der Waals surface area contributed by atoms with Crippen molar-refractivity contribution in [3.8, 4) is 10.4 Å². The molecule has 0 atom stereocenters. The Kier molecular flexibility index (Phi) is 3.78. The fraction of sp³-hybridized carbons (Fsp3) is 0.154. The van der Waals surface area contributed by atoms with Gasteiger partial charge in [0.25, 0.3) is 0 Å². The van der Waals surface area contributed by atoms with E-state index in [1.165, 1.54) is 18.2 Å². The van der Waals surface area contributed by atoms with Crippen molar-refractivity contribution in [3.63, 3.8) is 0 Å². The summed E-state index contributed by atoms with van der Waals surface area (Å²) in [7, 11) is 0. The molecule has 0 aliphatic heterocycles. The molecule has 0 saturated heterocycles. The van der Waals surface area contributed by atoms with Gasteiger partial charge in [0.2, 0.25) is 0 Å². The highest BCUT2D eigenvalue weighted by atomic mass is 35.5. The van der Waals surface area contributed by atoms with Gasteiger partial charge >= 0.3 is 5.97 Å². The van der Waals surface area contributed by atoms with E-state index in [1.807, 2.05) is 6.92 Å². The van der Waals surface area contributed by atoms with Crippen LogP contribution in [0.2, 0.25) is 5.02 Å². The van der Waals surface area contributed by atoms with Crippen LogP contribution in [0, 0.1) is 5.82 Å². The summed E-state index contributed by atoms with van der Waals surface area (Å²) in [6.07, 6.45) is 0.582. The minimum absolute atomic E-state index is 0.0900. The molecular weight excluding hydrogens is 289 g/mol. The number of halogens is 2. The zero-order chi connectivity index (χ0) is 14.2. The third-order valence-electron chi connectivity index (χ3n) is 2.77. The van der Waals surface area contributed by atoms with Gasteiger partial charge in [0.15, 0.2) is 0 Å². The van der Waals surface area contributed by atoms with Crippen molar-refractivity contribution in [1.29, 1.82) is 0 Å². The first-order valence-corrected chi connectivity index (χ1v) is 6.75. The molecule has 0 saturated carbocycles. The fourth-order valence-electron chi connectivity index (χ4n) is 1.88. The minimum Gasteiger partial charge on any atom is -0.477 e. The topological polar surface area (TPSA) is 63.3 Å². The lowest BCUT2D eigenvalue weighted by atomic mass is 10.1. The Balaban J connectivity index is 2.68. The molecule has 2 rings (SSSR count). The van der Waals surface area contributed by atoms with Crippen LogP contribution >= 0.6 is 22.9 Å². The normalized spacial score (nSPS) is 10.7. The quantitative estimate of drug-likeness (QED) is 0.898. The second-order valence-corrected chi connectivity index (χ2v) is 5.36. The van der Waals surface area contributed by atoms with Crippen LogP contribution in [0.1, 0.15) is 22.2 Å². The van der Waals surface area contributed by atoms with Gasteiger partial charge in [-0.05, 0) is 30.2 Å². The Morgan fingerprint density at radius 3 is 2.74 bits per heavy atom. The van der Waals surface area contributed by atoms with Crippen LogP contribution in [0.5, 0.6) is 0 Å². The van der Waals surface area contributed by atoms with Gasteiger partial charge in [0.05, 0.1) is 10.7 Å². The summed E-state index contributed by atoms with van der Waals surface area (Å²) in [6.45, 7) is 1.88. The van der Waals surface area contributed by atoms with Gasteiger partial charge in [-0.15, -0.1) is 11.3 Å². The Labute approximate surface area is 118 Å². The molecule has 0 fully saturated rings. The Bertz CT molecular complexity index is 654. The first kappa shape index (κ1) is 13.8. The number of hydrogen-bond acceptors (Lipinski definition) is 3. The SMILES string of the molecule is CCc1c(-c2ccc(F)cc2Cl)sc(C(=O)O)c1N. The molecule has 3 N–H and O–H groups in total. The number of nitrogens with two attached hydrogens (primary N) is 1. The highest BCUT2D eigenvalue weighted by Crippen LogP contribution is 2.41. The van der Waals surface area contributed by atoms with Crippen LogP contribution in [0.25, 0.3) is 10.4 Å². The van der Waals surface area contributed by atoms with Crippen molar-refractivity contribution >= 4 is 34.6 Å². The number of carbonyl (C=O) groups is 1. The number of nitrogen functional groups attached to an aromatic ring is 1. The van der Waals surface area contributed by atoms with Crippen molar-refractivity contribution in [2.24, 2.45) is 0 Å². The van der Waals surface area contributed by atoms with E-state index in [9.17, 15) is 9.18 Å². The minimum atomic E-state index is -1.07. The van der Waals surface area contributed by atoms with E-state index in [4.69, 9.17) is 22.4 Å². The highest BCUT2D eigenvalue weighted by molar-refractivity contribution is 7.18. The van der Waals surface area contributed by atoms with E-state index in [1.54, 1.807) is 0 Å². The lowest BCUT2D eigenvalue weighted by Gasteiger charge is -2.05. The molecule has 0 unspecified atom stereocenters. The molecule has 6 heteroatoms. The standard InChI is InChI=1S/C13H11ClFNO2S/c1-2-7-10(16)12(13(17)18)19-11(7)8-4-3-6(15)5-9(8)14/h3-5H,2,16H2,1H3,(H,17,18). The smallest absolute Gasteiger partial charge is 0.348 e. The van der Waals surface area contributed by atoms with Crippen molar-refractivity contribution in [2.75, 3.05) is 5.73 Å². The summed E-state index contributed by atoms with van der Waals surface area (Å²) in [4.78, 5) is 11.9. The molecular formula is C13H11ClFNO2S. The van der Waals surface area contributed by atoms with Gasteiger partial charge in [-0.25, -0.2) is 9.18 Å². The molecule has 19 heavy (non-hydrogen) atoms. The molecule has 0 spiro atoms. The van der Waals surface area contributed by atoms with E-state index < -0.39 is 11.8 Å². The maximum atomic E-state index is 13.1. The van der Waals surface area contributed by atoms with Gasteiger partial charge in [0.1, 0.15) is 10.7 Å². The van der Waals surface area contributed by atoms with Crippen LogP contribution in [-0.4, -0.2) is 11.1 Å². The first-order chi connectivity index (χ1) is 8.95. The van der Waals surface area contributed by atoms with Crippen LogP contribution in [0.4, 0.5) is 10.1 Å². The Morgan fingerprint density at radius 1 is 1.53 bits per heavy atom. The van der Waals surface area contributed by atoms with Gasteiger partial charge in [-0.2, -0.15) is 0 Å². The molecule has 0 bridgehead atoms. The monoisotopic (exact) mass is 299 g/mol. The number of carboxylic acid groups (broad SMARTS) is 1. The Hall–Kier alpha value is -1.59. The van der Waals surface area contributed by atoms with Crippen molar-refractivity contribution in [2.45, 2.75) is 13.3 Å². The third kappa shape index (κ3) is 2.43. The summed E-state index contributed by atoms with van der Waals surface area (Å²) in [5.74, 6) is -1.50. The summed E-state index contributed by atoms with van der Waals surface area (Å²) >= 11 is 7.07. The fourth-order valence-corrected chi connectivity index (χ4v) is 3.39. The summed E-state index contributed by atoms with van der Waals surface area (Å²) in [5.41, 5.74) is 7.44. The van der Waals surface area contributed by atoms with E-state index in [2.05, 4.69) is 0 Å². The third-order valence-corrected chi connectivity index (χ3v) is 4.35. The maximum absolute atomic E-state index is 13.1. The predicted molar refractivity (Wildman–Crippen MR) is 75.5 cm³/mol. The van der Waals surface area contributed by atoms with Crippen LogP contribution < -0.4 is 5.73 Å². The Morgan fingerprint density at radius 2 is 2.21 bits per heavy atom. The first-order valence-electron chi connectivity index (χ1n) is 5.55. The van der Waals surface area contributed by atoms with Gasteiger partial charge in [-0.3, -0.25) is 0 Å². The molecule has 100 valence electrons. The number of thiophene rings is 1. The van der Waals surface area contributed by atoms with Crippen molar-refractivity contribution in [1.82, 2.24) is 0 Å². The van der Waals surface area contributed by atoms with Crippen molar-refractivity contribution < 1.29 is 14.3 Å². The number of carboxylic acids is 1. The van der Waals surface area contributed by atoms with E-state index in [0.717, 1.165) is 16.9 Å². The highest BCUT2D eigenvalue weighted by Gasteiger charge is 2.21. The molecule has 2 aromatic rings. The summed E-state index contributed by atoms with van der Waals surface area (Å²) in [5, 5.41) is 9.34. The number of hydrogen-bond donors (Lipinski definition) is 2. The maximum Gasteiger partial charge on any atom is 0.348 e. The van der Waals surface area contributed by atoms with E-state index >= 15 is 0 Å². The number of benzene rings is 1. The summed E-state index contributed by atoms with van der Waals surface area (Å²) < 4.78 is 13.1. The number of aromatic carboxylic acids is 1. The van der Waals surface area contributed by atoms with Crippen LogP contribution in [0.15, 0.2) is 18.2 Å². The predicted octanol–water partition coefficient (Wildman–Crippen LogP) is 4.05. The zero-order valence-corrected chi connectivity index (χ0v) is 11.6. The average molecular weight is 300 g/mol. The zero-order valence-electron chi connectivity index (χ0n) is 10.0. The largest absolute Gasteiger partial charge is 0.477 e. The second-order valence-electron chi connectivity index (χ2n) is 3.94. The molecule has 1 heterocycles. The molecule has 0 aliphatic carbocycles.